The molecule has 0 bridgehead atoms. The van der Waals surface area contributed by atoms with Crippen LogP contribution in [0.4, 0.5) is 0 Å². The first-order valence-corrected chi connectivity index (χ1v) is 20.7. The molecule has 0 aromatic heterocycles. The number of esters is 3. The van der Waals surface area contributed by atoms with Crippen molar-refractivity contribution >= 4 is 17.9 Å². The number of unbranched alkanes of at least 4 members (excludes halogenated alkanes) is 2. The molecule has 0 rings (SSSR count). The van der Waals surface area contributed by atoms with Crippen molar-refractivity contribution in [2.24, 2.45) is 0 Å². The van der Waals surface area contributed by atoms with E-state index in [-0.39, 0.29) is 32.5 Å². The summed E-state index contributed by atoms with van der Waals surface area (Å²) in [5, 5.41) is 0. The van der Waals surface area contributed by atoms with Gasteiger partial charge in [-0.05, 0) is 96.3 Å². The quantitative estimate of drug-likeness (QED) is 0.0281. The molecule has 6 nitrogen and oxygen atoms in total. The standard InChI is InChI=1S/C49H72O6/c1-4-7-10-13-16-19-21-23-24-25-26-28-30-33-36-39-42-48(51)54-45-46(44-53-47(50)41-38-35-32-29-18-15-12-9-6-3)55-49(52)43-40-37-34-31-27-22-20-17-14-11-8-5-2/h7-12,16-20,23-24,26-29,31,33,35-36,38,46H,4-6,13-15,21-22,25,30,32,34,37,39-45H2,1-3H3/b10-7-,11-8-,12-9-,19-16-,20-17-,24-23-,28-26-,29-18-,31-27-,36-33-,38-35-. The molecule has 1 atom stereocenters. The minimum atomic E-state index is -0.865. The molecule has 0 aliphatic heterocycles. The summed E-state index contributed by atoms with van der Waals surface area (Å²) in [7, 11) is 0. The van der Waals surface area contributed by atoms with Gasteiger partial charge in [0.25, 0.3) is 0 Å². The minimum absolute atomic E-state index is 0.108. The van der Waals surface area contributed by atoms with Crippen molar-refractivity contribution in [3.8, 4) is 0 Å². The lowest BCUT2D eigenvalue weighted by Crippen LogP contribution is -2.30. The van der Waals surface area contributed by atoms with Crippen molar-refractivity contribution in [1.29, 1.82) is 0 Å². The van der Waals surface area contributed by atoms with Crippen molar-refractivity contribution in [2.45, 2.75) is 142 Å². The zero-order chi connectivity index (χ0) is 40.1. The van der Waals surface area contributed by atoms with E-state index in [1.54, 1.807) is 6.08 Å². The summed E-state index contributed by atoms with van der Waals surface area (Å²) in [6.07, 6.45) is 59.2. The van der Waals surface area contributed by atoms with Crippen LogP contribution in [0.1, 0.15) is 136 Å². The highest BCUT2D eigenvalue weighted by molar-refractivity contribution is 5.72. The van der Waals surface area contributed by atoms with Crippen molar-refractivity contribution in [3.63, 3.8) is 0 Å². The lowest BCUT2D eigenvalue weighted by molar-refractivity contribution is -0.166. The van der Waals surface area contributed by atoms with E-state index in [0.29, 0.717) is 12.8 Å². The van der Waals surface area contributed by atoms with E-state index in [0.717, 1.165) is 83.5 Å². The van der Waals surface area contributed by atoms with Gasteiger partial charge >= 0.3 is 17.9 Å². The maximum atomic E-state index is 12.6. The Labute approximate surface area is 334 Å². The molecule has 0 aliphatic rings. The maximum absolute atomic E-state index is 12.6. The van der Waals surface area contributed by atoms with Gasteiger partial charge in [0.05, 0.1) is 6.42 Å². The van der Waals surface area contributed by atoms with Crippen LogP contribution < -0.4 is 0 Å². The number of allylic oxidation sites excluding steroid dienone is 21. The van der Waals surface area contributed by atoms with E-state index >= 15 is 0 Å². The summed E-state index contributed by atoms with van der Waals surface area (Å²) < 4.78 is 16.4. The van der Waals surface area contributed by atoms with E-state index in [9.17, 15) is 14.4 Å². The van der Waals surface area contributed by atoms with Gasteiger partial charge in [0, 0.05) is 12.8 Å². The van der Waals surface area contributed by atoms with Crippen LogP contribution in [0.15, 0.2) is 134 Å². The zero-order valence-electron chi connectivity index (χ0n) is 34.4. The van der Waals surface area contributed by atoms with Crippen LogP contribution in [-0.2, 0) is 28.6 Å². The third-order valence-electron chi connectivity index (χ3n) is 7.68. The van der Waals surface area contributed by atoms with Crippen molar-refractivity contribution in [1.82, 2.24) is 0 Å². The Morgan fingerprint density at radius 2 is 0.745 bits per heavy atom. The Hall–Kier alpha value is -4.45. The molecule has 0 saturated carbocycles. The number of hydrogen-bond acceptors (Lipinski definition) is 6. The topological polar surface area (TPSA) is 78.9 Å². The Kier molecular flexibility index (Phi) is 38.9. The third-order valence-corrected chi connectivity index (χ3v) is 7.68. The summed E-state index contributed by atoms with van der Waals surface area (Å²) in [5.41, 5.74) is 0. The fourth-order valence-electron chi connectivity index (χ4n) is 4.68. The first-order chi connectivity index (χ1) is 27.0. The van der Waals surface area contributed by atoms with Gasteiger partial charge in [0.1, 0.15) is 13.2 Å². The largest absolute Gasteiger partial charge is 0.462 e. The predicted octanol–water partition coefficient (Wildman–Crippen LogP) is 13.2. The van der Waals surface area contributed by atoms with Gasteiger partial charge in [-0.15, -0.1) is 0 Å². The smallest absolute Gasteiger partial charge is 0.309 e. The second kappa shape index (κ2) is 42.3. The van der Waals surface area contributed by atoms with Crippen LogP contribution in [0.25, 0.3) is 0 Å². The maximum Gasteiger partial charge on any atom is 0.309 e. The first kappa shape index (κ1) is 50.5. The molecule has 0 saturated heterocycles. The molecule has 0 N–H and O–H groups in total. The highest BCUT2D eigenvalue weighted by atomic mass is 16.6. The lowest BCUT2D eigenvalue weighted by Gasteiger charge is -2.18. The van der Waals surface area contributed by atoms with Crippen LogP contribution in [0.3, 0.4) is 0 Å². The molecule has 0 heterocycles. The summed E-state index contributed by atoms with van der Waals surface area (Å²) in [5.74, 6) is -1.23. The summed E-state index contributed by atoms with van der Waals surface area (Å²) in [6.45, 7) is 6.03. The molecule has 55 heavy (non-hydrogen) atoms. The van der Waals surface area contributed by atoms with Gasteiger partial charge in [-0.1, -0.05) is 154 Å². The molecule has 0 fully saturated rings. The molecule has 0 radical (unpaired) electrons. The van der Waals surface area contributed by atoms with E-state index in [1.807, 2.05) is 18.2 Å². The van der Waals surface area contributed by atoms with E-state index < -0.39 is 24.0 Å². The fraction of sp³-hybridized carbons (Fsp3) is 0.490. The average Bonchev–Trinajstić information content (AvgIpc) is 3.18. The average molecular weight is 757 g/mol. The predicted molar refractivity (Wildman–Crippen MR) is 232 cm³/mol. The first-order valence-electron chi connectivity index (χ1n) is 20.7. The highest BCUT2D eigenvalue weighted by Gasteiger charge is 2.19. The molecular formula is C49H72O6. The van der Waals surface area contributed by atoms with Crippen LogP contribution >= 0.6 is 0 Å². The zero-order valence-corrected chi connectivity index (χ0v) is 34.4. The summed E-state index contributed by atoms with van der Waals surface area (Å²) >= 11 is 0. The normalized spacial score (nSPS) is 13.4. The molecule has 0 aromatic rings. The number of rotatable bonds is 34. The molecule has 0 aliphatic carbocycles. The van der Waals surface area contributed by atoms with Gasteiger partial charge in [-0.25, -0.2) is 0 Å². The third kappa shape index (κ3) is 40.6. The molecule has 6 heteroatoms. The number of carbonyl (C=O) groups is 3. The monoisotopic (exact) mass is 757 g/mol. The molecule has 304 valence electrons. The van der Waals surface area contributed by atoms with Crippen molar-refractivity contribution < 1.29 is 28.6 Å². The summed E-state index contributed by atoms with van der Waals surface area (Å²) in [6, 6.07) is 0. The Morgan fingerprint density at radius 1 is 0.382 bits per heavy atom. The van der Waals surface area contributed by atoms with Crippen LogP contribution in [0, 0.1) is 0 Å². The van der Waals surface area contributed by atoms with Gasteiger partial charge in [0.2, 0.25) is 0 Å². The SMILES string of the molecule is CC/C=C\C/C=C\C/C=C\C/C=C\C/C=C\CCC(=O)OCC(COC(=O)C/C=C\C/C=C\C/C=C\CC)OC(=O)CCCC/C=C\C/C=C\C/C=C\CC. The van der Waals surface area contributed by atoms with Gasteiger partial charge < -0.3 is 14.2 Å². The van der Waals surface area contributed by atoms with Crippen LogP contribution in [0.5, 0.6) is 0 Å². The van der Waals surface area contributed by atoms with E-state index in [4.69, 9.17) is 14.2 Å². The van der Waals surface area contributed by atoms with Crippen LogP contribution in [-0.4, -0.2) is 37.2 Å². The Morgan fingerprint density at radius 3 is 1.18 bits per heavy atom. The van der Waals surface area contributed by atoms with E-state index in [1.165, 1.54) is 0 Å². The second-order valence-electron chi connectivity index (χ2n) is 12.8. The van der Waals surface area contributed by atoms with Crippen LogP contribution in [0.2, 0.25) is 0 Å². The summed E-state index contributed by atoms with van der Waals surface area (Å²) in [4.78, 5) is 37.5. The Bertz CT molecular complexity index is 1280. The van der Waals surface area contributed by atoms with Crippen molar-refractivity contribution in [3.05, 3.63) is 134 Å². The number of hydrogen-bond donors (Lipinski definition) is 0. The number of ether oxygens (including phenoxy) is 3. The lowest BCUT2D eigenvalue weighted by atomic mass is 10.2. The fourth-order valence-corrected chi connectivity index (χ4v) is 4.68. The molecule has 0 amide bonds. The van der Waals surface area contributed by atoms with E-state index in [2.05, 4.69) is 130 Å². The highest BCUT2D eigenvalue weighted by Crippen LogP contribution is 2.08. The molecule has 1 unspecified atom stereocenters. The van der Waals surface area contributed by atoms with Gasteiger partial charge in [0.15, 0.2) is 6.10 Å². The minimum Gasteiger partial charge on any atom is -0.462 e. The number of carbonyl (C=O) groups excluding carboxylic acids is 3. The second-order valence-corrected chi connectivity index (χ2v) is 12.8. The molecular weight excluding hydrogens is 685 g/mol. The van der Waals surface area contributed by atoms with Crippen molar-refractivity contribution in [2.75, 3.05) is 13.2 Å². The molecule has 0 spiro atoms. The molecule has 0 aromatic carbocycles. The van der Waals surface area contributed by atoms with Gasteiger partial charge in [-0.2, -0.15) is 0 Å². The Balaban J connectivity index is 4.65. The van der Waals surface area contributed by atoms with Gasteiger partial charge in [-0.3, -0.25) is 14.4 Å².